The van der Waals surface area contributed by atoms with E-state index < -0.39 is 0 Å². The van der Waals surface area contributed by atoms with Crippen LogP contribution >= 0.6 is 0 Å². The molecule has 2 aliphatic heterocycles. The molecule has 5 rings (SSSR count). The summed E-state index contributed by atoms with van der Waals surface area (Å²) in [5.74, 6) is 0.678. The second-order valence-electron chi connectivity index (χ2n) is 8.82. The summed E-state index contributed by atoms with van der Waals surface area (Å²) in [5, 5.41) is 22.8. The molecule has 3 aromatic rings. The topological polar surface area (TPSA) is 85.1 Å². The largest absolute Gasteiger partial charge is 0.507 e. The summed E-state index contributed by atoms with van der Waals surface area (Å²) in [5.41, 5.74) is 2.37. The minimum atomic E-state index is 0.136. The molecule has 150 valence electrons. The third-order valence-electron chi connectivity index (χ3n) is 6.18. The first-order valence-electron chi connectivity index (χ1n) is 10.0. The van der Waals surface area contributed by atoms with Gasteiger partial charge in [0.25, 0.3) is 0 Å². The van der Waals surface area contributed by atoms with Crippen molar-refractivity contribution in [3.8, 4) is 28.6 Å². The van der Waals surface area contributed by atoms with Crippen LogP contribution < -0.4 is 10.1 Å². The van der Waals surface area contributed by atoms with Crippen molar-refractivity contribution >= 4 is 0 Å². The highest BCUT2D eigenvalue weighted by atomic mass is 16.5. The highest BCUT2D eigenvalue weighted by Crippen LogP contribution is 2.43. The van der Waals surface area contributed by atoms with Gasteiger partial charge >= 0.3 is 0 Å². The molecule has 7 heteroatoms. The number of rotatable bonds is 4. The van der Waals surface area contributed by atoms with Crippen molar-refractivity contribution in [3.63, 3.8) is 0 Å². The number of phenolic OH excluding ortho intramolecular Hbond substituents is 1. The number of ether oxygens (including phenoxy) is 1. The summed E-state index contributed by atoms with van der Waals surface area (Å²) in [7, 11) is 0. The minimum Gasteiger partial charge on any atom is -0.507 e. The summed E-state index contributed by atoms with van der Waals surface area (Å²) in [6.07, 6.45) is 9.67. The van der Waals surface area contributed by atoms with Gasteiger partial charge in [-0.25, -0.2) is 4.98 Å². The molecule has 2 bridgehead atoms. The molecular formula is C22H25N5O2. The Balaban J connectivity index is 1.32. The summed E-state index contributed by atoms with van der Waals surface area (Å²) >= 11 is 0. The Morgan fingerprint density at radius 1 is 1.10 bits per heavy atom. The predicted octanol–water partition coefficient (Wildman–Crippen LogP) is 3.48. The number of imidazole rings is 1. The SMILES string of the molecule is CC12CCC(C)(CC(Oc3ccc(-c4ccc(-n5ccnc5)cc4O)nn3)C1)N2. The highest BCUT2D eigenvalue weighted by molar-refractivity contribution is 5.68. The third-order valence-corrected chi connectivity index (χ3v) is 6.18. The molecule has 0 aliphatic carbocycles. The van der Waals surface area contributed by atoms with E-state index in [0.29, 0.717) is 17.1 Å². The van der Waals surface area contributed by atoms with Gasteiger partial charge in [-0.1, -0.05) is 0 Å². The maximum Gasteiger partial charge on any atom is 0.233 e. The lowest BCUT2D eigenvalue weighted by Crippen LogP contribution is -2.56. The fourth-order valence-electron chi connectivity index (χ4n) is 4.88. The molecular weight excluding hydrogens is 366 g/mol. The average Bonchev–Trinajstić information content (AvgIpc) is 3.28. The van der Waals surface area contributed by atoms with Crippen LogP contribution in [0.2, 0.25) is 0 Å². The van der Waals surface area contributed by atoms with Gasteiger partial charge in [0.1, 0.15) is 11.9 Å². The zero-order chi connectivity index (χ0) is 20.1. The van der Waals surface area contributed by atoms with Crippen LogP contribution in [0.25, 0.3) is 16.9 Å². The number of aromatic nitrogens is 4. The number of fused-ring (bicyclic) bond motifs is 2. The summed E-state index contributed by atoms with van der Waals surface area (Å²) < 4.78 is 8.00. The monoisotopic (exact) mass is 391 g/mol. The van der Waals surface area contributed by atoms with Gasteiger partial charge < -0.3 is 19.7 Å². The first kappa shape index (κ1) is 18.1. The lowest BCUT2D eigenvalue weighted by atomic mass is 9.86. The molecule has 2 atom stereocenters. The van der Waals surface area contributed by atoms with Crippen molar-refractivity contribution in [2.75, 3.05) is 0 Å². The molecule has 2 saturated heterocycles. The van der Waals surface area contributed by atoms with Gasteiger partial charge in [-0.05, 0) is 44.9 Å². The van der Waals surface area contributed by atoms with E-state index in [1.165, 1.54) is 12.8 Å². The van der Waals surface area contributed by atoms with E-state index >= 15 is 0 Å². The molecule has 4 heterocycles. The number of nitrogens with one attached hydrogen (secondary N) is 1. The van der Waals surface area contributed by atoms with Crippen LogP contribution in [0.1, 0.15) is 39.5 Å². The first-order valence-corrected chi connectivity index (χ1v) is 10.0. The number of piperidine rings is 1. The van der Waals surface area contributed by atoms with Crippen molar-refractivity contribution in [2.24, 2.45) is 0 Å². The standard InChI is InChI=1S/C22H25N5O2/c1-21-7-8-22(2,26-21)13-16(12-21)29-20-6-5-18(24-25-20)17-4-3-15(11-19(17)28)27-10-9-23-14-27/h3-6,9-11,14,16,26,28H,7-8,12-13H2,1-2H3. The maximum atomic E-state index is 10.5. The number of benzene rings is 1. The van der Waals surface area contributed by atoms with E-state index in [4.69, 9.17) is 4.74 Å². The molecule has 0 saturated carbocycles. The quantitative estimate of drug-likeness (QED) is 0.708. The van der Waals surface area contributed by atoms with Crippen molar-refractivity contribution in [1.82, 2.24) is 25.1 Å². The van der Waals surface area contributed by atoms with Crippen LogP contribution in [0.4, 0.5) is 0 Å². The summed E-state index contributed by atoms with van der Waals surface area (Å²) in [6.45, 7) is 4.55. The molecule has 2 aliphatic rings. The van der Waals surface area contributed by atoms with Gasteiger partial charge in [-0.2, -0.15) is 0 Å². The molecule has 2 unspecified atom stereocenters. The van der Waals surface area contributed by atoms with Crippen LogP contribution in [-0.2, 0) is 0 Å². The van der Waals surface area contributed by atoms with Gasteiger partial charge in [-0.15, -0.1) is 10.2 Å². The van der Waals surface area contributed by atoms with Gasteiger partial charge in [0.05, 0.1) is 17.7 Å². The lowest BCUT2D eigenvalue weighted by molar-refractivity contribution is 0.0754. The number of hydrogen-bond acceptors (Lipinski definition) is 6. The highest BCUT2D eigenvalue weighted by Gasteiger charge is 2.49. The molecule has 1 aromatic carbocycles. The fourth-order valence-corrected chi connectivity index (χ4v) is 4.88. The zero-order valence-corrected chi connectivity index (χ0v) is 16.7. The van der Waals surface area contributed by atoms with E-state index in [0.717, 1.165) is 18.5 Å². The van der Waals surface area contributed by atoms with E-state index in [-0.39, 0.29) is 22.9 Å². The van der Waals surface area contributed by atoms with Crippen molar-refractivity contribution in [2.45, 2.75) is 56.7 Å². The average molecular weight is 391 g/mol. The Labute approximate surface area is 169 Å². The molecule has 2 aromatic heterocycles. The predicted molar refractivity (Wildman–Crippen MR) is 109 cm³/mol. The summed E-state index contributed by atoms with van der Waals surface area (Å²) in [6, 6.07) is 9.11. The van der Waals surface area contributed by atoms with Gasteiger partial charge in [0.15, 0.2) is 0 Å². The number of aromatic hydroxyl groups is 1. The Morgan fingerprint density at radius 3 is 2.52 bits per heavy atom. The lowest BCUT2D eigenvalue weighted by Gasteiger charge is -2.41. The minimum absolute atomic E-state index is 0.136. The number of phenols is 1. The molecule has 7 nitrogen and oxygen atoms in total. The normalized spacial score (nSPS) is 28.4. The Morgan fingerprint density at radius 2 is 1.90 bits per heavy atom. The second kappa shape index (κ2) is 6.56. The van der Waals surface area contributed by atoms with Crippen LogP contribution in [0, 0.1) is 0 Å². The van der Waals surface area contributed by atoms with Crippen molar-refractivity contribution < 1.29 is 9.84 Å². The van der Waals surface area contributed by atoms with E-state index in [9.17, 15) is 5.11 Å². The fraction of sp³-hybridized carbons (Fsp3) is 0.409. The van der Waals surface area contributed by atoms with Crippen LogP contribution in [0.15, 0.2) is 49.1 Å². The molecule has 0 amide bonds. The maximum absolute atomic E-state index is 10.5. The molecule has 2 fully saturated rings. The molecule has 0 spiro atoms. The smallest absolute Gasteiger partial charge is 0.233 e. The molecule has 0 radical (unpaired) electrons. The molecule has 2 N–H and O–H groups in total. The first-order chi connectivity index (χ1) is 13.9. The van der Waals surface area contributed by atoms with E-state index in [1.54, 1.807) is 18.6 Å². The number of hydrogen-bond donors (Lipinski definition) is 2. The Bertz CT molecular complexity index is 1000. The molecule has 29 heavy (non-hydrogen) atoms. The van der Waals surface area contributed by atoms with E-state index in [1.807, 2.05) is 35.0 Å². The Kier molecular flexibility index (Phi) is 4.10. The number of nitrogens with zero attached hydrogens (tertiary/aromatic N) is 4. The second-order valence-corrected chi connectivity index (χ2v) is 8.82. The Hall–Kier alpha value is -2.93. The van der Waals surface area contributed by atoms with Crippen LogP contribution in [-0.4, -0.2) is 42.0 Å². The van der Waals surface area contributed by atoms with Gasteiger partial charge in [0, 0.05) is 54.0 Å². The van der Waals surface area contributed by atoms with Crippen molar-refractivity contribution in [1.29, 1.82) is 0 Å². The van der Waals surface area contributed by atoms with Crippen LogP contribution in [0.5, 0.6) is 11.6 Å². The summed E-state index contributed by atoms with van der Waals surface area (Å²) in [4.78, 5) is 4.03. The third kappa shape index (κ3) is 3.46. The zero-order valence-electron chi connectivity index (χ0n) is 16.7. The van der Waals surface area contributed by atoms with Crippen molar-refractivity contribution in [3.05, 3.63) is 49.1 Å². The van der Waals surface area contributed by atoms with E-state index in [2.05, 4.69) is 34.3 Å². The van der Waals surface area contributed by atoms with Crippen LogP contribution in [0.3, 0.4) is 0 Å². The van der Waals surface area contributed by atoms with Gasteiger partial charge in [0.2, 0.25) is 5.88 Å². The van der Waals surface area contributed by atoms with Gasteiger partial charge in [-0.3, -0.25) is 0 Å².